The van der Waals surface area contributed by atoms with Crippen molar-refractivity contribution in [1.82, 2.24) is 0 Å². The second-order valence-corrected chi connectivity index (χ2v) is 6.66. The molecule has 0 atom stereocenters. The van der Waals surface area contributed by atoms with E-state index in [0.717, 1.165) is 12.8 Å². The summed E-state index contributed by atoms with van der Waals surface area (Å²) in [6.45, 7) is 10.0. The molecule has 0 radical (unpaired) electrons. The average molecular weight is 242 g/mol. The van der Waals surface area contributed by atoms with Crippen LogP contribution in [0.3, 0.4) is 0 Å². The maximum absolute atomic E-state index is 11.7. The third-order valence-electron chi connectivity index (χ3n) is 3.23. The number of hydrogen-bond acceptors (Lipinski definition) is 4. The van der Waals surface area contributed by atoms with Crippen molar-refractivity contribution in [3.63, 3.8) is 0 Å². The molecule has 2 aliphatic rings. The van der Waals surface area contributed by atoms with Gasteiger partial charge in [-0.2, -0.15) is 0 Å². The number of carbonyl (C=O) groups is 1. The summed E-state index contributed by atoms with van der Waals surface area (Å²) in [4.78, 5) is 11.7. The molecule has 2 rings (SSSR count). The van der Waals surface area contributed by atoms with Crippen molar-refractivity contribution in [3.05, 3.63) is 0 Å². The highest BCUT2D eigenvalue weighted by molar-refractivity contribution is 5.75. The van der Waals surface area contributed by atoms with Gasteiger partial charge in [-0.15, -0.1) is 0 Å². The lowest BCUT2D eigenvalue weighted by Crippen LogP contribution is -2.52. The molecule has 0 bridgehead atoms. The number of rotatable bonds is 1. The molecule has 0 unspecified atom stereocenters. The van der Waals surface area contributed by atoms with Gasteiger partial charge in [0.05, 0.1) is 12.0 Å². The van der Waals surface area contributed by atoms with Gasteiger partial charge in [0.2, 0.25) is 0 Å². The lowest BCUT2D eigenvalue weighted by atomic mass is 9.78. The van der Waals surface area contributed by atoms with Crippen molar-refractivity contribution in [2.24, 2.45) is 5.41 Å². The average Bonchev–Trinajstić information content (AvgIpc) is 2.39. The molecule has 1 aliphatic heterocycles. The van der Waals surface area contributed by atoms with Crippen LogP contribution < -0.4 is 0 Å². The SMILES string of the molecule is CC1(C)OCC2(CC(OC(=O)C(C)(C)C)C2)O1. The first-order valence-electron chi connectivity index (χ1n) is 6.17. The molecule has 1 spiro atoms. The zero-order valence-electron chi connectivity index (χ0n) is 11.3. The van der Waals surface area contributed by atoms with Gasteiger partial charge >= 0.3 is 5.97 Å². The van der Waals surface area contributed by atoms with Gasteiger partial charge in [-0.3, -0.25) is 4.79 Å². The quantitative estimate of drug-likeness (QED) is 0.662. The molecule has 1 saturated heterocycles. The summed E-state index contributed by atoms with van der Waals surface area (Å²) >= 11 is 0. The van der Waals surface area contributed by atoms with Gasteiger partial charge in [-0.05, 0) is 34.6 Å². The Hall–Kier alpha value is -0.610. The first kappa shape index (κ1) is 12.8. The third kappa shape index (κ3) is 2.63. The van der Waals surface area contributed by atoms with Crippen molar-refractivity contribution < 1.29 is 19.0 Å². The van der Waals surface area contributed by atoms with Gasteiger partial charge in [0, 0.05) is 12.8 Å². The van der Waals surface area contributed by atoms with Gasteiger partial charge in [-0.25, -0.2) is 0 Å². The predicted octanol–water partition coefficient (Wildman–Crippen LogP) is 2.26. The molecule has 1 saturated carbocycles. The number of esters is 1. The summed E-state index contributed by atoms with van der Waals surface area (Å²) in [5.74, 6) is -0.644. The Morgan fingerprint density at radius 2 is 1.88 bits per heavy atom. The molecule has 0 aromatic heterocycles. The van der Waals surface area contributed by atoms with E-state index in [0.29, 0.717) is 6.61 Å². The number of ether oxygens (including phenoxy) is 3. The topological polar surface area (TPSA) is 44.8 Å². The van der Waals surface area contributed by atoms with E-state index in [9.17, 15) is 4.79 Å². The van der Waals surface area contributed by atoms with Crippen molar-refractivity contribution >= 4 is 5.97 Å². The summed E-state index contributed by atoms with van der Waals surface area (Å²) in [5, 5.41) is 0. The number of hydrogen-bond donors (Lipinski definition) is 0. The molecule has 98 valence electrons. The minimum absolute atomic E-state index is 0.0146. The van der Waals surface area contributed by atoms with Gasteiger partial charge < -0.3 is 14.2 Å². The minimum Gasteiger partial charge on any atom is -0.462 e. The highest BCUT2D eigenvalue weighted by atomic mass is 16.8. The van der Waals surface area contributed by atoms with Crippen LogP contribution in [0.15, 0.2) is 0 Å². The number of carbonyl (C=O) groups excluding carboxylic acids is 1. The molecule has 17 heavy (non-hydrogen) atoms. The third-order valence-corrected chi connectivity index (χ3v) is 3.23. The summed E-state index contributed by atoms with van der Waals surface area (Å²) in [6, 6.07) is 0. The van der Waals surface area contributed by atoms with Crippen LogP contribution in [0.5, 0.6) is 0 Å². The maximum Gasteiger partial charge on any atom is 0.311 e. The van der Waals surface area contributed by atoms with Crippen LogP contribution in [-0.2, 0) is 19.0 Å². The predicted molar refractivity (Wildman–Crippen MR) is 62.4 cm³/mol. The summed E-state index contributed by atoms with van der Waals surface area (Å²) in [5.41, 5.74) is -0.651. The lowest BCUT2D eigenvalue weighted by molar-refractivity contribution is -0.210. The Bertz CT molecular complexity index is 321. The Balaban J connectivity index is 1.82. The smallest absolute Gasteiger partial charge is 0.311 e. The summed E-state index contributed by atoms with van der Waals surface area (Å²) in [6.07, 6.45) is 1.48. The molecule has 4 heteroatoms. The molecule has 2 fully saturated rings. The zero-order valence-corrected chi connectivity index (χ0v) is 11.3. The fourth-order valence-electron chi connectivity index (χ4n) is 2.27. The molecule has 1 aliphatic carbocycles. The molecular formula is C13H22O4. The molecular weight excluding hydrogens is 220 g/mol. The van der Waals surface area contributed by atoms with E-state index in [1.165, 1.54) is 0 Å². The monoisotopic (exact) mass is 242 g/mol. The van der Waals surface area contributed by atoms with Gasteiger partial charge in [0.1, 0.15) is 11.7 Å². The van der Waals surface area contributed by atoms with E-state index in [1.807, 2.05) is 34.6 Å². The minimum atomic E-state index is -0.501. The first-order valence-corrected chi connectivity index (χ1v) is 6.17. The van der Waals surface area contributed by atoms with Gasteiger partial charge in [0.25, 0.3) is 0 Å². The highest BCUT2D eigenvalue weighted by Gasteiger charge is 2.55. The fraction of sp³-hybridized carbons (Fsp3) is 0.923. The van der Waals surface area contributed by atoms with Crippen LogP contribution in [-0.4, -0.2) is 30.1 Å². The molecule has 0 amide bonds. The van der Waals surface area contributed by atoms with Crippen LogP contribution in [0.2, 0.25) is 0 Å². The van der Waals surface area contributed by atoms with E-state index in [1.54, 1.807) is 0 Å². The van der Waals surface area contributed by atoms with Crippen LogP contribution in [0.1, 0.15) is 47.5 Å². The Morgan fingerprint density at radius 1 is 1.29 bits per heavy atom. The lowest BCUT2D eigenvalue weighted by Gasteiger charge is -2.43. The van der Waals surface area contributed by atoms with Gasteiger partial charge in [-0.1, -0.05) is 0 Å². The van der Waals surface area contributed by atoms with Crippen molar-refractivity contribution in [2.75, 3.05) is 6.61 Å². The molecule has 0 N–H and O–H groups in total. The summed E-state index contributed by atoms with van der Waals surface area (Å²) < 4.78 is 16.8. The second-order valence-electron chi connectivity index (χ2n) is 6.66. The van der Waals surface area contributed by atoms with Crippen molar-refractivity contribution in [2.45, 2.75) is 65.0 Å². The first-order chi connectivity index (χ1) is 7.62. The molecule has 4 nitrogen and oxygen atoms in total. The van der Waals surface area contributed by atoms with E-state index >= 15 is 0 Å². The second kappa shape index (κ2) is 3.69. The van der Waals surface area contributed by atoms with Crippen LogP contribution in [0, 0.1) is 5.41 Å². The van der Waals surface area contributed by atoms with E-state index in [2.05, 4.69) is 0 Å². The standard InChI is InChI=1S/C13H22O4/c1-11(2,3)10(14)16-9-6-13(7-9)8-15-12(4,5)17-13/h9H,6-8H2,1-5H3. The van der Waals surface area contributed by atoms with Crippen LogP contribution >= 0.6 is 0 Å². The summed E-state index contributed by atoms with van der Waals surface area (Å²) in [7, 11) is 0. The Labute approximate surface area is 103 Å². The molecule has 0 aromatic rings. The molecule has 0 aromatic carbocycles. The highest BCUT2D eigenvalue weighted by Crippen LogP contribution is 2.46. The fourth-order valence-corrected chi connectivity index (χ4v) is 2.27. The van der Waals surface area contributed by atoms with Crippen molar-refractivity contribution in [3.8, 4) is 0 Å². The van der Waals surface area contributed by atoms with Gasteiger partial charge in [0.15, 0.2) is 5.79 Å². The maximum atomic E-state index is 11.7. The largest absolute Gasteiger partial charge is 0.462 e. The Kier molecular flexibility index (Phi) is 2.79. The normalized spacial score (nSPS) is 35.7. The van der Waals surface area contributed by atoms with Crippen molar-refractivity contribution in [1.29, 1.82) is 0 Å². The van der Waals surface area contributed by atoms with E-state index < -0.39 is 11.2 Å². The zero-order chi connectivity index (χ0) is 12.9. The van der Waals surface area contributed by atoms with E-state index in [-0.39, 0.29) is 17.7 Å². The molecule has 1 heterocycles. The van der Waals surface area contributed by atoms with Crippen LogP contribution in [0.25, 0.3) is 0 Å². The Morgan fingerprint density at radius 3 is 2.29 bits per heavy atom. The van der Waals surface area contributed by atoms with E-state index in [4.69, 9.17) is 14.2 Å². The van der Waals surface area contributed by atoms with Crippen LogP contribution in [0.4, 0.5) is 0 Å².